The van der Waals surface area contributed by atoms with Crippen LogP contribution in [0.1, 0.15) is 57.9 Å². The molecule has 110 valence electrons. The number of hydrogen-bond acceptors (Lipinski definition) is 2. The molecule has 1 aliphatic carbocycles. The monoisotopic (exact) mass is 274 g/mol. The Balaban J connectivity index is 1.83. The number of Topliss-reactive ketones (excluding diaryl/α,β-unsaturated/α-hetero) is 1. The summed E-state index contributed by atoms with van der Waals surface area (Å²) >= 11 is 0. The van der Waals surface area contributed by atoms with Crippen molar-refractivity contribution in [2.75, 3.05) is 0 Å². The van der Waals surface area contributed by atoms with Crippen LogP contribution in [-0.4, -0.2) is 11.4 Å². The van der Waals surface area contributed by atoms with E-state index in [0.717, 1.165) is 5.56 Å². The predicted octanol–water partition coefficient (Wildman–Crippen LogP) is 4.52. The largest absolute Gasteiger partial charge is 0.363 e. The highest BCUT2D eigenvalue weighted by Crippen LogP contribution is 2.29. The van der Waals surface area contributed by atoms with Gasteiger partial charge in [0.1, 0.15) is 5.60 Å². The van der Waals surface area contributed by atoms with Crippen LogP contribution in [0, 0.1) is 5.92 Å². The minimum Gasteiger partial charge on any atom is -0.363 e. The van der Waals surface area contributed by atoms with Gasteiger partial charge in [-0.15, -0.1) is 0 Å². The number of carbonyl (C=O) groups is 1. The molecular weight excluding hydrogens is 248 g/mol. The molecule has 1 aromatic carbocycles. The Hall–Kier alpha value is -1.15. The number of rotatable bonds is 6. The molecule has 0 bridgehead atoms. The summed E-state index contributed by atoms with van der Waals surface area (Å²) in [5.74, 6) is 0.830. The highest BCUT2D eigenvalue weighted by molar-refractivity contribution is 5.86. The highest BCUT2D eigenvalue weighted by atomic mass is 16.5. The molecule has 1 aromatic rings. The predicted molar refractivity (Wildman–Crippen MR) is 81.5 cm³/mol. The lowest BCUT2D eigenvalue weighted by Crippen LogP contribution is -2.36. The Kier molecular flexibility index (Phi) is 5.36. The second kappa shape index (κ2) is 7.03. The molecule has 0 heterocycles. The zero-order chi connectivity index (χ0) is 14.4. The van der Waals surface area contributed by atoms with Crippen molar-refractivity contribution in [3.63, 3.8) is 0 Å². The summed E-state index contributed by atoms with van der Waals surface area (Å²) in [5.41, 5.74) is 0.443. The van der Waals surface area contributed by atoms with Crippen LogP contribution in [0.3, 0.4) is 0 Å². The number of benzene rings is 1. The van der Waals surface area contributed by atoms with Crippen LogP contribution >= 0.6 is 0 Å². The van der Waals surface area contributed by atoms with Crippen molar-refractivity contribution >= 4 is 5.78 Å². The summed E-state index contributed by atoms with van der Waals surface area (Å²) in [5, 5.41) is 0. The molecule has 2 rings (SSSR count). The van der Waals surface area contributed by atoms with Crippen molar-refractivity contribution in [1.29, 1.82) is 0 Å². The van der Waals surface area contributed by atoms with Gasteiger partial charge in [-0.2, -0.15) is 0 Å². The summed E-state index contributed by atoms with van der Waals surface area (Å²) in [6, 6.07) is 10.0. The zero-order valence-corrected chi connectivity index (χ0v) is 12.7. The van der Waals surface area contributed by atoms with E-state index < -0.39 is 5.60 Å². The Labute approximate surface area is 122 Å². The molecule has 2 heteroatoms. The van der Waals surface area contributed by atoms with Crippen molar-refractivity contribution in [1.82, 2.24) is 0 Å². The molecule has 1 saturated carbocycles. The van der Waals surface area contributed by atoms with Crippen LogP contribution in [0.5, 0.6) is 0 Å². The third-order valence-corrected chi connectivity index (χ3v) is 4.31. The average molecular weight is 274 g/mol. The lowest BCUT2D eigenvalue weighted by molar-refractivity contribution is -0.143. The van der Waals surface area contributed by atoms with E-state index in [1.807, 2.05) is 44.2 Å². The molecule has 0 N–H and O–H groups in total. The van der Waals surface area contributed by atoms with Crippen molar-refractivity contribution in [2.24, 2.45) is 5.92 Å². The van der Waals surface area contributed by atoms with Crippen LogP contribution in [0.15, 0.2) is 30.3 Å². The number of hydrogen-bond donors (Lipinski definition) is 0. The second-order valence-corrected chi connectivity index (χ2v) is 6.42. The molecule has 2 nitrogen and oxygen atoms in total. The molecule has 0 spiro atoms. The normalized spacial score (nSPS) is 17.1. The summed E-state index contributed by atoms with van der Waals surface area (Å²) in [4.78, 5) is 12.4. The molecule has 0 atom stereocenters. The molecule has 20 heavy (non-hydrogen) atoms. The van der Waals surface area contributed by atoms with Gasteiger partial charge in [0.05, 0.1) is 6.61 Å². The third-order valence-electron chi connectivity index (χ3n) is 4.31. The molecule has 1 fully saturated rings. The summed E-state index contributed by atoms with van der Waals surface area (Å²) in [7, 11) is 0. The Morgan fingerprint density at radius 3 is 2.45 bits per heavy atom. The van der Waals surface area contributed by atoms with Crippen molar-refractivity contribution in [3.8, 4) is 0 Å². The summed E-state index contributed by atoms with van der Waals surface area (Å²) in [6.07, 6.45) is 6.99. The van der Waals surface area contributed by atoms with E-state index in [2.05, 4.69) is 0 Å². The van der Waals surface area contributed by atoms with Crippen LogP contribution in [0.4, 0.5) is 0 Å². The van der Waals surface area contributed by atoms with E-state index in [1.165, 1.54) is 32.1 Å². The fourth-order valence-corrected chi connectivity index (χ4v) is 2.82. The van der Waals surface area contributed by atoms with E-state index in [-0.39, 0.29) is 5.78 Å². The molecule has 0 amide bonds. The van der Waals surface area contributed by atoms with E-state index >= 15 is 0 Å². The maximum atomic E-state index is 12.4. The van der Waals surface area contributed by atoms with Crippen LogP contribution < -0.4 is 0 Å². The van der Waals surface area contributed by atoms with E-state index in [4.69, 9.17) is 4.74 Å². The number of ketones is 1. The maximum Gasteiger partial charge on any atom is 0.164 e. The van der Waals surface area contributed by atoms with Gasteiger partial charge >= 0.3 is 0 Å². The first-order chi connectivity index (χ1) is 9.58. The van der Waals surface area contributed by atoms with Crippen molar-refractivity contribution < 1.29 is 9.53 Å². The highest BCUT2D eigenvalue weighted by Gasteiger charge is 2.30. The molecule has 0 aromatic heterocycles. The Morgan fingerprint density at radius 2 is 1.80 bits per heavy atom. The van der Waals surface area contributed by atoms with Gasteiger partial charge in [-0.25, -0.2) is 0 Å². The van der Waals surface area contributed by atoms with Gasteiger partial charge in [-0.1, -0.05) is 62.4 Å². The smallest absolute Gasteiger partial charge is 0.164 e. The van der Waals surface area contributed by atoms with Gasteiger partial charge in [-0.3, -0.25) is 4.79 Å². The molecule has 0 saturated heterocycles. The van der Waals surface area contributed by atoms with E-state index in [1.54, 1.807) is 0 Å². The minimum absolute atomic E-state index is 0.250. The number of carbonyl (C=O) groups excluding carboxylic acids is 1. The molecule has 0 unspecified atom stereocenters. The first-order valence-corrected chi connectivity index (χ1v) is 7.79. The summed E-state index contributed by atoms with van der Waals surface area (Å²) < 4.78 is 5.87. The first-order valence-electron chi connectivity index (χ1n) is 7.79. The molecular formula is C18H26O2. The van der Waals surface area contributed by atoms with Gasteiger partial charge in [0, 0.05) is 6.42 Å². The van der Waals surface area contributed by atoms with E-state index in [9.17, 15) is 4.79 Å². The van der Waals surface area contributed by atoms with Crippen molar-refractivity contribution in [3.05, 3.63) is 35.9 Å². The van der Waals surface area contributed by atoms with Crippen LogP contribution in [0.25, 0.3) is 0 Å². The topological polar surface area (TPSA) is 26.3 Å². The minimum atomic E-state index is -0.673. The maximum absolute atomic E-state index is 12.4. The molecule has 0 radical (unpaired) electrons. The zero-order valence-electron chi connectivity index (χ0n) is 12.7. The Bertz CT molecular complexity index is 416. The Morgan fingerprint density at radius 1 is 1.15 bits per heavy atom. The number of ether oxygens (including phenoxy) is 1. The van der Waals surface area contributed by atoms with Crippen LogP contribution in [-0.2, 0) is 16.1 Å². The molecule has 1 aliphatic rings. The van der Waals surface area contributed by atoms with Crippen molar-refractivity contribution in [2.45, 2.75) is 64.6 Å². The summed E-state index contributed by atoms with van der Waals surface area (Å²) in [6.45, 7) is 4.31. The fourth-order valence-electron chi connectivity index (χ4n) is 2.82. The fraction of sp³-hybridized carbons (Fsp3) is 0.611. The average Bonchev–Trinajstić information content (AvgIpc) is 2.47. The van der Waals surface area contributed by atoms with Gasteiger partial charge in [-0.05, 0) is 25.3 Å². The molecule has 0 aliphatic heterocycles. The van der Waals surface area contributed by atoms with Crippen LogP contribution in [0.2, 0.25) is 0 Å². The van der Waals surface area contributed by atoms with Gasteiger partial charge < -0.3 is 4.74 Å². The van der Waals surface area contributed by atoms with Gasteiger partial charge in [0.25, 0.3) is 0 Å². The lowest BCUT2D eigenvalue weighted by atomic mass is 9.83. The standard InChI is InChI=1S/C18H26O2/c1-18(2,20-14-16-11-7-4-8-12-16)17(19)13-15-9-5-3-6-10-15/h4,7-8,11-12,15H,3,5-6,9-10,13-14H2,1-2H3. The van der Waals surface area contributed by atoms with E-state index in [0.29, 0.717) is 18.9 Å². The second-order valence-electron chi connectivity index (χ2n) is 6.42. The SMILES string of the molecule is CC(C)(OCc1ccccc1)C(=O)CC1CCCCC1. The third kappa shape index (κ3) is 4.45. The van der Waals surface area contributed by atoms with Gasteiger partial charge in [0.15, 0.2) is 5.78 Å². The van der Waals surface area contributed by atoms with Gasteiger partial charge in [0.2, 0.25) is 0 Å². The first kappa shape index (κ1) is 15.2. The lowest BCUT2D eigenvalue weighted by Gasteiger charge is -2.28. The quantitative estimate of drug-likeness (QED) is 0.762.